The van der Waals surface area contributed by atoms with Gasteiger partial charge < -0.3 is 5.73 Å². The van der Waals surface area contributed by atoms with E-state index in [4.69, 9.17) is 5.73 Å². The molecule has 10 heavy (non-hydrogen) atoms. The van der Waals surface area contributed by atoms with Crippen molar-refractivity contribution in [3.05, 3.63) is 11.9 Å². The monoisotopic (exact) mass is 140 g/mol. The fraction of sp³-hybridized carbons (Fsp3) is 0.400. The lowest BCUT2D eigenvalue weighted by Crippen LogP contribution is -2.26. The second kappa shape index (κ2) is 2.57. The topological polar surface area (TPSA) is 84.7 Å². The summed E-state index contributed by atoms with van der Waals surface area (Å²) in [5.74, 6) is -0.200. The standard InChI is InChI=1S/C5H8N4O/c1-3(6)5(10)4-2-7-9-8-4/h2-3H,6H2,1H3,(H,7,8,9)/t3-/m0/s1. The van der Waals surface area contributed by atoms with Gasteiger partial charge >= 0.3 is 0 Å². The maximum atomic E-state index is 11.0. The number of rotatable bonds is 2. The first-order valence-electron chi connectivity index (χ1n) is 2.88. The highest BCUT2D eigenvalue weighted by Crippen LogP contribution is 1.93. The Morgan fingerprint density at radius 1 is 1.90 bits per heavy atom. The molecule has 1 aromatic heterocycles. The molecule has 54 valence electrons. The molecule has 0 radical (unpaired) electrons. The second-order valence-corrected chi connectivity index (χ2v) is 2.01. The second-order valence-electron chi connectivity index (χ2n) is 2.01. The molecular weight excluding hydrogens is 132 g/mol. The van der Waals surface area contributed by atoms with Crippen LogP contribution < -0.4 is 5.73 Å². The number of hydrogen-bond acceptors (Lipinski definition) is 4. The van der Waals surface area contributed by atoms with Gasteiger partial charge in [0.05, 0.1) is 12.2 Å². The van der Waals surface area contributed by atoms with Crippen molar-refractivity contribution in [3.63, 3.8) is 0 Å². The van der Waals surface area contributed by atoms with Crippen LogP contribution in [-0.4, -0.2) is 27.2 Å². The summed E-state index contributed by atoms with van der Waals surface area (Å²) in [4.78, 5) is 11.0. The van der Waals surface area contributed by atoms with Crippen LogP contribution in [0.2, 0.25) is 0 Å². The van der Waals surface area contributed by atoms with E-state index < -0.39 is 6.04 Å². The third kappa shape index (κ3) is 1.19. The molecule has 0 saturated heterocycles. The Balaban J connectivity index is 2.78. The van der Waals surface area contributed by atoms with Gasteiger partial charge in [-0.25, -0.2) is 0 Å². The quantitative estimate of drug-likeness (QED) is 0.534. The molecule has 0 aliphatic carbocycles. The maximum Gasteiger partial charge on any atom is 0.201 e. The van der Waals surface area contributed by atoms with E-state index in [1.165, 1.54) is 6.20 Å². The molecule has 0 unspecified atom stereocenters. The summed E-state index contributed by atoms with van der Waals surface area (Å²) < 4.78 is 0. The molecule has 1 atom stereocenters. The fourth-order valence-electron chi connectivity index (χ4n) is 0.555. The molecule has 5 heteroatoms. The zero-order valence-corrected chi connectivity index (χ0v) is 5.53. The Morgan fingerprint density at radius 3 is 3.00 bits per heavy atom. The van der Waals surface area contributed by atoms with Crippen LogP contribution in [0.15, 0.2) is 6.20 Å². The van der Waals surface area contributed by atoms with E-state index in [0.717, 1.165) is 0 Å². The molecule has 1 aromatic rings. The largest absolute Gasteiger partial charge is 0.321 e. The van der Waals surface area contributed by atoms with E-state index in [1.54, 1.807) is 6.92 Å². The van der Waals surface area contributed by atoms with Crippen LogP contribution in [0.3, 0.4) is 0 Å². The van der Waals surface area contributed by atoms with Crippen molar-refractivity contribution in [1.29, 1.82) is 0 Å². The molecule has 0 spiro atoms. The minimum atomic E-state index is -0.509. The number of aromatic nitrogens is 3. The number of aromatic amines is 1. The number of H-pyrrole nitrogens is 1. The highest BCUT2D eigenvalue weighted by molar-refractivity contribution is 5.97. The molecule has 0 aliphatic rings. The Hall–Kier alpha value is -1.23. The van der Waals surface area contributed by atoms with Gasteiger partial charge in [0, 0.05) is 0 Å². The maximum absolute atomic E-state index is 11.0. The van der Waals surface area contributed by atoms with E-state index >= 15 is 0 Å². The summed E-state index contributed by atoms with van der Waals surface area (Å²) in [6, 6.07) is -0.509. The smallest absolute Gasteiger partial charge is 0.201 e. The zero-order valence-electron chi connectivity index (χ0n) is 5.53. The zero-order chi connectivity index (χ0) is 7.56. The molecular formula is C5H8N4O. The number of nitrogens with zero attached hydrogens (tertiary/aromatic N) is 2. The Morgan fingerprint density at radius 2 is 2.60 bits per heavy atom. The van der Waals surface area contributed by atoms with Crippen molar-refractivity contribution < 1.29 is 4.79 Å². The normalized spacial score (nSPS) is 13.0. The van der Waals surface area contributed by atoms with Gasteiger partial charge in [0.15, 0.2) is 0 Å². The molecule has 5 nitrogen and oxygen atoms in total. The summed E-state index contributed by atoms with van der Waals surface area (Å²) in [6.07, 6.45) is 1.42. The average molecular weight is 140 g/mol. The minimum Gasteiger partial charge on any atom is -0.321 e. The summed E-state index contributed by atoms with van der Waals surface area (Å²) in [5, 5.41) is 9.30. The van der Waals surface area contributed by atoms with Crippen molar-refractivity contribution in [2.75, 3.05) is 0 Å². The van der Waals surface area contributed by atoms with Crippen molar-refractivity contribution in [2.24, 2.45) is 5.73 Å². The van der Waals surface area contributed by atoms with Gasteiger partial charge in [-0.3, -0.25) is 9.89 Å². The van der Waals surface area contributed by atoms with Crippen LogP contribution in [0.5, 0.6) is 0 Å². The first-order chi connectivity index (χ1) is 4.72. The molecule has 0 fully saturated rings. The third-order valence-electron chi connectivity index (χ3n) is 1.08. The van der Waals surface area contributed by atoms with Gasteiger partial charge in [-0.2, -0.15) is 0 Å². The summed E-state index contributed by atoms with van der Waals surface area (Å²) in [5.41, 5.74) is 5.58. The molecule has 1 heterocycles. The summed E-state index contributed by atoms with van der Waals surface area (Å²) in [6.45, 7) is 1.61. The lowest BCUT2D eigenvalue weighted by atomic mass is 10.2. The van der Waals surface area contributed by atoms with Gasteiger partial charge in [0.2, 0.25) is 5.78 Å². The number of carbonyl (C=O) groups is 1. The summed E-state index contributed by atoms with van der Waals surface area (Å²) >= 11 is 0. The van der Waals surface area contributed by atoms with Crippen molar-refractivity contribution >= 4 is 5.78 Å². The lowest BCUT2D eigenvalue weighted by Gasteiger charge is -1.96. The van der Waals surface area contributed by atoms with Crippen LogP contribution in [0.4, 0.5) is 0 Å². The molecule has 0 aromatic carbocycles. The number of hydrogen-bond donors (Lipinski definition) is 2. The highest BCUT2D eigenvalue weighted by atomic mass is 16.1. The number of carbonyl (C=O) groups excluding carboxylic acids is 1. The van der Waals surface area contributed by atoms with Crippen LogP contribution in [0.1, 0.15) is 17.4 Å². The molecule has 1 rings (SSSR count). The highest BCUT2D eigenvalue weighted by Gasteiger charge is 2.12. The van der Waals surface area contributed by atoms with Crippen LogP contribution in [-0.2, 0) is 0 Å². The van der Waals surface area contributed by atoms with E-state index in [9.17, 15) is 4.79 Å². The molecule has 0 amide bonds. The Bertz CT molecular complexity index is 216. The number of ketones is 1. The summed E-state index contributed by atoms with van der Waals surface area (Å²) in [7, 11) is 0. The molecule has 3 N–H and O–H groups in total. The van der Waals surface area contributed by atoms with Crippen molar-refractivity contribution in [3.8, 4) is 0 Å². The van der Waals surface area contributed by atoms with Gasteiger partial charge in [0.1, 0.15) is 5.69 Å². The van der Waals surface area contributed by atoms with Crippen molar-refractivity contribution in [2.45, 2.75) is 13.0 Å². The third-order valence-corrected chi connectivity index (χ3v) is 1.08. The minimum absolute atomic E-state index is 0.200. The number of nitrogens with two attached hydrogens (primary N) is 1. The van der Waals surface area contributed by atoms with Crippen LogP contribution in [0.25, 0.3) is 0 Å². The van der Waals surface area contributed by atoms with Gasteiger partial charge in [0.25, 0.3) is 0 Å². The number of nitrogens with one attached hydrogen (secondary N) is 1. The van der Waals surface area contributed by atoms with Gasteiger partial charge in [-0.05, 0) is 6.92 Å². The lowest BCUT2D eigenvalue weighted by molar-refractivity contribution is 0.0963. The predicted octanol–water partition coefficient (Wildman–Crippen LogP) is -0.665. The van der Waals surface area contributed by atoms with E-state index in [2.05, 4.69) is 15.4 Å². The van der Waals surface area contributed by atoms with E-state index in [0.29, 0.717) is 0 Å². The van der Waals surface area contributed by atoms with Crippen LogP contribution in [0, 0.1) is 0 Å². The van der Waals surface area contributed by atoms with Gasteiger partial charge in [-0.15, -0.1) is 5.10 Å². The van der Waals surface area contributed by atoms with E-state index in [1.807, 2.05) is 0 Å². The Kier molecular flexibility index (Phi) is 1.77. The number of Topliss-reactive ketones (excluding diaryl/α,β-unsaturated/α-hetero) is 1. The Labute approximate surface area is 57.6 Å². The van der Waals surface area contributed by atoms with Crippen molar-refractivity contribution in [1.82, 2.24) is 15.4 Å². The predicted molar refractivity (Wildman–Crippen MR) is 34.4 cm³/mol. The molecule has 0 saturated carbocycles. The fourth-order valence-corrected chi connectivity index (χ4v) is 0.555. The first kappa shape index (κ1) is 6.88. The average Bonchev–Trinajstić information content (AvgIpc) is 2.36. The molecule has 0 aliphatic heterocycles. The van der Waals surface area contributed by atoms with Gasteiger partial charge in [-0.1, -0.05) is 5.21 Å². The van der Waals surface area contributed by atoms with E-state index in [-0.39, 0.29) is 11.5 Å². The molecule has 0 bridgehead atoms. The van der Waals surface area contributed by atoms with Crippen LogP contribution >= 0.6 is 0 Å². The first-order valence-corrected chi connectivity index (χ1v) is 2.88. The SMILES string of the molecule is C[C@H](N)C(=O)c1c[nH]nn1.